The van der Waals surface area contributed by atoms with E-state index in [-0.39, 0.29) is 24.0 Å². The monoisotopic (exact) mass is 692 g/mol. The van der Waals surface area contributed by atoms with E-state index in [1.807, 2.05) is 66.7 Å². The maximum atomic E-state index is 12.5. The molecule has 3 aliphatic heterocycles. The lowest BCUT2D eigenvalue weighted by Gasteiger charge is -2.34. The van der Waals surface area contributed by atoms with E-state index in [4.69, 9.17) is 9.47 Å². The lowest BCUT2D eigenvalue weighted by atomic mass is 10.1. The summed E-state index contributed by atoms with van der Waals surface area (Å²) in [5.74, 6) is 1.65. The number of pyridine rings is 2. The molecule has 1 atom stereocenters. The van der Waals surface area contributed by atoms with Crippen molar-refractivity contribution in [2.75, 3.05) is 53.4 Å². The van der Waals surface area contributed by atoms with E-state index in [9.17, 15) is 9.59 Å². The summed E-state index contributed by atoms with van der Waals surface area (Å²) < 4.78 is 12.3. The van der Waals surface area contributed by atoms with Crippen molar-refractivity contribution in [3.05, 3.63) is 84.2 Å². The Morgan fingerprint density at radius 3 is 1.75 bits per heavy atom. The molecule has 2 fully saturated rings. The summed E-state index contributed by atoms with van der Waals surface area (Å²) in [7, 11) is 3.46. The summed E-state index contributed by atoms with van der Waals surface area (Å²) in [5.41, 5.74) is 2.60. The smallest absolute Gasteiger partial charge is 0.273 e. The summed E-state index contributed by atoms with van der Waals surface area (Å²) in [4.78, 5) is 41.8. The molecule has 2 aromatic carbocycles. The van der Waals surface area contributed by atoms with Crippen LogP contribution in [-0.2, 0) is 0 Å². The van der Waals surface area contributed by atoms with Crippen molar-refractivity contribution < 1.29 is 19.1 Å². The van der Waals surface area contributed by atoms with Crippen LogP contribution in [0.3, 0.4) is 0 Å². The molecule has 2 saturated heterocycles. The van der Waals surface area contributed by atoms with E-state index in [1.54, 1.807) is 25.1 Å². The number of carbonyl (C=O) groups excluding carboxylic acids is 2. The Kier molecular flexibility index (Phi) is 11.5. The molecule has 7 rings (SSSR count). The normalized spacial score (nSPS) is 18.4. The van der Waals surface area contributed by atoms with Crippen molar-refractivity contribution in [3.8, 4) is 11.5 Å². The van der Waals surface area contributed by atoms with Crippen LogP contribution >= 0.6 is 0 Å². The van der Waals surface area contributed by atoms with Crippen molar-refractivity contribution in [3.63, 3.8) is 0 Å². The van der Waals surface area contributed by atoms with Crippen LogP contribution in [0.15, 0.2) is 72.8 Å². The molecule has 10 nitrogen and oxygen atoms in total. The molecule has 270 valence electrons. The fourth-order valence-electron chi connectivity index (χ4n) is 6.84. The predicted molar refractivity (Wildman–Crippen MR) is 203 cm³/mol. The van der Waals surface area contributed by atoms with Crippen LogP contribution in [0.5, 0.6) is 11.5 Å². The summed E-state index contributed by atoms with van der Waals surface area (Å²) in [5, 5.41) is 1.99. The largest absolute Gasteiger partial charge is 0.490 e. The lowest BCUT2D eigenvalue weighted by molar-refractivity contribution is 0.0792. The standard InChI is InChI=1S/C21H25N3O2.C20H27N3O2/c1-15(2)24-12-9-18(14-24)26-17-6-8-19-16(13-17)5-7-20(22-19)21(25)23-10-3-4-11-23;1-14(2)23-11-9-16(10-12-23)25-17-6-8-18-15(13-17)5-7-19(21-18)20(24)22(3)4/h3-8,13,15,18H,9-12,14H2,1-2H3;5-8,13-14,16H,9-12H2,1-4H3. The molecular formula is C41H52N6O4. The Balaban J connectivity index is 0.000000176. The second-order valence-electron chi connectivity index (χ2n) is 14.5. The summed E-state index contributed by atoms with van der Waals surface area (Å²) >= 11 is 0. The SMILES string of the molecule is CC(C)N1CCC(Oc2ccc3nc(C(=O)N(C)C)ccc3c2)CC1.CC(C)N1CCC(Oc2ccc3nc(C(=O)N4CC=CC4)ccc3c2)C1. The number of hydrogen-bond donors (Lipinski definition) is 0. The number of aromatic nitrogens is 2. The van der Waals surface area contributed by atoms with Gasteiger partial charge >= 0.3 is 0 Å². The van der Waals surface area contributed by atoms with Gasteiger partial charge in [-0.25, -0.2) is 9.97 Å². The van der Waals surface area contributed by atoms with Gasteiger partial charge in [-0.1, -0.05) is 24.3 Å². The number of piperidine rings is 1. The first-order valence-electron chi connectivity index (χ1n) is 18.3. The van der Waals surface area contributed by atoms with Crippen LogP contribution in [0.1, 0.15) is 67.9 Å². The molecule has 51 heavy (non-hydrogen) atoms. The second-order valence-corrected chi connectivity index (χ2v) is 14.5. The van der Waals surface area contributed by atoms with Crippen LogP contribution in [0.4, 0.5) is 0 Å². The third kappa shape index (κ3) is 9.04. The van der Waals surface area contributed by atoms with Gasteiger partial charge < -0.3 is 24.2 Å². The number of benzene rings is 2. The Morgan fingerprint density at radius 1 is 0.686 bits per heavy atom. The van der Waals surface area contributed by atoms with E-state index in [0.717, 1.165) is 78.7 Å². The van der Waals surface area contributed by atoms with E-state index < -0.39 is 0 Å². The number of fused-ring (bicyclic) bond motifs is 2. The zero-order valence-electron chi connectivity index (χ0n) is 30.9. The van der Waals surface area contributed by atoms with Gasteiger partial charge in [-0.2, -0.15) is 0 Å². The second kappa shape index (κ2) is 16.2. The van der Waals surface area contributed by atoms with Crippen LogP contribution < -0.4 is 9.47 Å². The summed E-state index contributed by atoms with van der Waals surface area (Å²) in [6.07, 6.45) is 7.71. The van der Waals surface area contributed by atoms with Gasteiger partial charge in [0.25, 0.3) is 11.8 Å². The number of amides is 2. The van der Waals surface area contributed by atoms with Crippen molar-refractivity contribution >= 4 is 33.6 Å². The Morgan fingerprint density at radius 2 is 1.20 bits per heavy atom. The number of ether oxygens (including phenoxy) is 2. The topological polar surface area (TPSA) is 91.3 Å². The zero-order chi connectivity index (χ0) is 36.1. The van der Waals surface area contributed by atoms with E-state index in [2.05, 4.69) is 47.5 Å². The first kappa shape index (κ1) is 36.3. The molecule has 10 heteroatoms. The lowest BCUT2D eigenvalue weighted by Crippen LogP contribution is -2.41. The number of hydrogen-bond acceptors (Lipinski definition) is 8. The Hall–Kier alpha value is -4.54. The molecule has 5 heterocycles. The van der Waals surface area contributed by atoms with Gasteiger partial charge in [0.05, 0.1) is 11.0 Å². The first-order chi connectivity index (χ1) is 24.5. The fourth-order valence-corrected chi connectivity index (χ4v) is 6.84. The molecular weight excluding hydrogens is 640 g/mol. The van der Waals surface area contributed by atoms with Crippen molar-refractivity contribution in [1.29, 1.82) is 0 Å². The van der Waals surface area contributed by atoms with Crippen molar-refractivity contribution in [1.82, 2.24) is 29.6 Å². The van der Waals surface area contributed by atoms with E-state index >= 15 is 0 Å². The molecule has 2 amide bonds. The minimum atomic E-state index is -0.0841. The molecule has 0 saturated carbocycles. The number of nitrogens with zero attached hydrogens (tertiary/aromatic N) is 6. The highest BCUT2D eigenvalue weighted by Gasteiger charge is 2.26. The highest BCUT2D eigenvalue weighted by molar-refractivity contribution is 5.96. The van der Waals surface area contributed by atoms with Gasteiger partial charge in [0.15, 0.2) is 0 Å². The summed E-state index contributed by atoms with van der Waals surface area (Å²) in [6, 6.07) is 20.5. The molecule has 0 radical (unpaired) electrons. The van der Waals surface area contributed by atoms with Crippen LogP contribution in [0.25, 0.3) is 21.8 Å². The zero-order valence-corrected chi connectivity index (χ0v) is 30.9. The number of carbonyl (C=O) groups is 2. The molecule has 4 aromatic rings. The van der Waals surface area contributed by atoms with Gasteiger partial charge in [-0.15, -0.1) is 0 Å². The van der Waals surface area contributed by atoms with Gasteiger partial charge in [-0.3, -0.25) is 14.5 Å². The van der Waals surface area contributed by atoms with Crippen LogP contribution in [0, 0.1) is 0 Å². The van der Waals surface area contributed by atoms with Gasteiger partial charge in [-0.05, 0) is 95.5 Å². The van der Waals surface area contributed by atoms with Crippen molar-refractivity contribution in [2.24, 2.45) is 0 Å². The number of likely N-dealkylation sites (tertiary alicyclic amines) is 2. The Bertz CT molecular complexity index is 1860. The maximum absolute atomic E-state index is 12.5. The van der Waals surface area contributed by atoms with Gasteiger partial charge in [0.2, 0.25) is 0 Å². The molecule has 0 bridgehead atoms. The average molecular weight is 693 g/mol. The highest BCUT2D eigenvalue weighted by Crippen LogP contribution is 2.26. The number of rotatable bonds is 8. The van der Waals surface area contributed by atoms with Gasteiger partial charge in [0, 0.05) is 76.2 Å². The minimum absolute atomic E-state index is 0.0167. The van der Waals surface area contributed by atoms with Crippen LogP contribution in [0.2, 0.25) is 0 Å². The minimum Gasteiger partial charge on any atom is -0.490 e. The van der Waals surface area contributed by atoms with E-state index in [0.29, 0.717) is 36.6 Å². The average Bonchev–Trinajstić information content (AvgIpc) is 3.85. The molecule has 0 spiro atoms. The molecule has 0 aliphatic carbocycles. The molecule has 0 N–H and O–H groups in total. The highest BCUT2D eigenvalue weighted by atomic mass is 16.5. The third-order valence-electron chi connectivity index (χ3n) is 9.99. The van der Waals surface area contributed by atoms with E-state index in [1.165, 1.54) is 4.90 Å². The van der Waals surface area contributed by atoms with Crippen molar-refractivity contribution in [2.45, 2.75) is 71.2 Å². The molecule has 2 aromatic heterocycles. The van der Waals surface area contributed by atoms with Gasteiger partial charge in [0.1, 0.15) is 35.1 Å². The fraction of sp³-hybridized carbons (Fsp3) is 0.463. The first-order valence-corrected chi connectivity index (χ1v) is 18.3. The molecule has 1 unspecified atom stereocenters. The maximum Gasteiger partial charge on any atom is 0.273 e. The Labute approximate surface area is 302 Å². The third-order valence-corrected chi connectivity index (χ3v) is 9.99. The molecule has 3 aliphatic rings. The quantitative estimate of drug-likeness (QED) is 0.199. The summed E-state index contributed by atoms with van der Waals surface area (Å²) in [6.45, 7) is 14.5. The predicted octanol–water partition coefficient (Wildman–Crippen LogP) is 6.30. The van der Waals surface area contributed by atoms with Crippen LogP contribution in [-0.4, -0.2) is 119 Å².